The maximum atomic E-state index is 12.2. The smallest absolute Gasteiger partial charge is 0.255 e. The second kappa shape index (κ2) is 6.09. The van der Waals surface area contributed by atoms with E-state index in [9.17, 15) is 9.59 Å². The molecule has 0 aliphatic carbocycles. The van der Waals surface area contributed by atoms with Gasteiger partial charge in [-0.1, -0.05) is 12.1 Å². The molecule has 3 N–H and O–H groups in total. The van der Waals surface area contributed by atoms with Gasteiger partial charge in [-0.25, -0.2) is 0 Å². The van der Waals surface area contributed by atoms with Gasteiger partial charge in [-0.15, -0.1) is 0 Å². The molecule has 2 aromatic rings. The highest BCUT2D eigenvalue weighted by Crippen LogP contribution is 2.18. The van der Waals surface area contributed by atoms with Gasteiger partial charge in [-0.3, -0.25) is 9.59 Å². The third-order valence-corrected chi connectivity index (χ3v) is 2.98. The standard InChI is InChI=1S/C16H17N3O2/c1-19(2)16(21)13-5-3-4-6-14(13)18-15(20)11-7-9-12(17)10-8-11/h3-10H,17H2,1-2H3,(H,18,20). The Kier molecular flexibility index (Phi) is 4.23. The van der Waals surface area contributed by atoms with Crippen molar-refractivity contribution in [1.82, 2.24) is 4.90 Å². The summed E-state index contributed by atoms with van der Waals surface area (Å²) in [5, 5.41) is 2.75. The highest BCUT2D eigenvalue weighted by atomic mass is 16.2. The van der Waals surface area contributed by atoms with E-state index < -0.39 is 0 Å². The summed E-state index contributed by atoms with van der Waals surface area (Å²) in [6.45, 7) is 0. The minimum atomic E-state index is -0.283. The van der Waals surface area contributed by atoms with Gasteiger partial charge in [-0.2, -0.15) is 0 Å². The molecule has 2 amide bonds. The first-order chi connectivity index (χ1) is 9.99. The lowest BCUT2D eigenvalue weighted by atomic mass is 10.1. The Bertz CT molecular complexity index is 663. The van der Waals surface area contributed by atoms with Crippen LogP contribution in [0.3, 0.4) is 0 Å². The summed E-state index contributed by atoms with van der Waals surface area (Å²) in [5.74, 6) is -0.447. The van der Waals surface area contributed by atoms with E-state index in [2.05, 4.69) is 5.32 Å². The second-order valence-electron chi connectivity index (χ2n) is 4.82. The van der Waals surface area contributed by atoms with Gasteiger partial charge in [0.05, 0.1) is 11.3 Å². The van der Waals surface area contributed by atoms with Crippen molar-refractivity contribution < 1.29 is 9.59 Å². The predicted octanol–water partition coefficient (Wildman–Crippen LogP) is 2.22. The first kappa shape index (κ1) is 14.6. The number of hydrogen-bond donors (Lipinski definition) is 2. The molecule has 0 unspecified atom stereocenters. The van der Waals surface area contributed by atoms with Crippen LogP contribution in [0.5, 0.6) is 0 Å². The van der Waals surface area contributed by atoms with Gasteiger partial charge in [0.25, 0.3) is 11.8 Å². The van der Waals surface area contributed by atoms with Crippen LogP contribution in [-0.2, 0) is 0 Å². The Labute approximate surface area is 123 Å². The molecule has 0 aliphatic rings. The van der Waals surface area contributed by atoms with Gasteiger partial charge in [0, 0.05) is 25.3 Å². The zero-order valence-corrected chi connectivity index (χ0v) is 12.0. The van der Waals surface area contributed by atoms with Crippen LogP contribution in [0, 0.1) is 0 Å². The Balaban J connectivity index is 2.25. The summed E-state index contributed by atoms with van der Waals surface area (Å²) < 4.78 is 0. The number of nitrogen functional groups attached to an aromatic ring is 1. The van der Waals surface area contributed by atoms with Crippen LogP contribution in [0.1, 0.15) is 20.7 Å². The maximum absolute atomic E-state index is 12.2. The number of carbonyl (C=O) groups is 2. The molecule has 0 spiro atoms. The van der Waals surface area contributed by atoms with Crippen molar-refractivity contribution in [1.29, 1.82) is 0 Å². The fourth-order valence-electron chi connectivity index (χ4n) is 1.85. The second-order valence-corrected chi connectivity index (χ2v) is 4.82. The van der Waals surface area contributed by atoms with E-state index in [1.807, 2.05) is 0 Å². The molecule has 2 aromatic carbocycles. The largest absolute Gasteiger partial charge is 0.399 e. The average Bonchev–Trinajstić information content (AvgIpc) is 2.47. The van der Waals surface area contributed by atoms with E-state index in [0.717, 1.165) is 0 Å². The fourth-order valence-corrected chi connectivity index (χ4v) is 1.85. The summed E-state index contributed by atoms with van der Waals surface area (Å²) >= 11 is 0. The van der Waals surface area contributed by atoms with Crippen molar-refractivity contribution in [3.8, 4) is 0 Å². The minimum absolute atomic E-state index is 0.164. The topological polar surface area (TPSA) is 75.4 Å². The average molecular weight is 283 g/mol. The Morgan fingerprint density at radius 2 is 1.62 bits per heavy atom. The van der Waals surface area contributed by atoms with Gasteiger partial charge >= 0.3 is 0 Å². The number of hydrogen-bond acceptors (Lipinski definition) is 3. The molecule has 2 rings (SSSR count). The van der Waals surface area contributed by atoms with Crippen molar-refractivity contribution in [2.75, 3.05) is 25.1 Å². The number of carbonyl (C=O) groups excluding carboxylic acids is 2. The molecule has 0 atom stereocenters. The molecule has 21 heavy (non-hydrogen) atoms. The molecule has 0 saturated carbocycles. The number of nitrogens with two attached hydrogens (primary N) is 1. The van der Waals surface area contributed by atoms with E-state index in [1.165, 1.54) is 4.90 Å². The molecule has 0 aliphatic heterocycles. The van der Waals surface area contributed by atoms with Gasteiger partial charge in [0.1, 0.15) is 0 Å². The molecule has 0 bridgehead atoms. The highest BCUT2D eigenvalue weighted by Gasteiger charge is 2.15. The summed E-state index contributed by atoms with van der Waals surface area (Å²) in [5.41, 5.74) is 7.60. The van der Waals surface area contributed by atoms with Crippen molar-refractivity contribution in [3.05, 3.63) is 59.7 Å². The lowest BCUT2D eigenvalue weighted by Gasteiger charge is -2.14. The third-order valence-electron chi connectivity index (χ3n) is 2.98. The summed E-state index contributed by atoms with van der Waals surface area (Å²) in [7, 11) is 3.34. The van der Waals surface area contributed by atoms with Crippen LogP contribution in [0.15, 0.2) is 48.5 Å². The molecular weight excluding hydrogens is 266 g/mol. The predicted molar refractivity (Wildman–Crippen MR) is 83.3 cm³/mol. The molecule has 0 aromatic heterocycles. The van der Waals surface area contributed by atoms with E-state index in [-0.39, 0.29) is 11.8 Å². The molecule has 0 heterocycles. The van der Waals surface area contributed by atoms with Crippen LogP contribution in [0.2, 0.25) is 0 Å². The number of amides is 2. The molecule has 5 heteroatoms. The number of nitrogens with zero attached hydrogens (tertiary/aromatic N) is 1. The van der Waals surface area contributed by atoms with Gasteiger partial charge < -0.3 is 16.0 Å². The first-order valence-corrected chi connectivity index (χ1v) is 6.46. The van der Waals surface area contributed by atoms with Crippen molar-refractivity contribution in [2.45, 2.75) is 0 Å². The maximum Gasteiger partial charge on any atom is 0.255 e. The third kappa shape index (κ3) is 3.39. The fraction of sp³-hybridized carbons (Fsp3) is 0.125. The number of rotatable bonds is 3. The summed E-state index contributed by atoms with van der Waals surface area (Å²) in [4.78, 5) is 25.7. The first-order valence-electron chi connectivity index (χ1n) is 6.46. The molecule has 0 saturated heterocycles. The zero-order chi connectivity index (χ0) is 15.4. The van der Waals surface area contributed by atoms with Crippen molar-refractivity contribution in [3.63, 3.8) is 0 Å². The normalized spacial score (nSPS) is 10.0. The molecule has 5 nitrogen and oxygen atoms in total. The lowest BCUT2D eigenvalue weighted by molar-refractivity contribution is 0.0828. The van der Waals surface area contributed by atoms with Gasteiger partial charge in [-0.05, 0) is 36.4 Å². The summed E-state index contributed by atoms with van der Waals surface area (Å²) in [6, 6.07) is 13.5. The van der Waals surface area contributed by atoms with Crippen molar-refractivity contribution in [2.24, 2.45) is 0 Å². The van der Waals surface area contributed by atoms with Crippen LogP contribution in [0.4, 0.5) is 11.4 Å². The van der Waals surface area contributed by atoms with Gasteiger partial charge in [0.15, 0.2) is 0 Å². The Morgan fingerprint density at radius 1 is 1.00 bits per heavy atom. The lowest BCUT2D eigenvalue weighted by Crippen LogP contribution is -2.24. The number of anilines is 2. The van der Waals surface area contributed by atoms with E-state index in [1.54, 1.807) is 62.6 Å². The van der Waals surface area contributed by atoms with Crippen LogP contribution in [-0.4, -0.2) is 30.8 Å². The van der Waals surface area contributed by atoms with E-state index >= 15 is 0 Å². The van der Waals surface area contributed by atoms with Gasteiger partial charge in [0.2, 0.25) is 0 Å². The SMILES string of the molecule is CN(C)C(=O)c1ccccc1NC(=O)c1ccc(N)cc1. The molecule has 108 valence electrons. The highest BCUT2D eigenvalue weighted by molar-refractivity contribution is 6.09. The zero-order valence-electron chi connectivity index (χ0n) is 12.0. The van der Waals surface area contributed by atoms with Crippen molar-refractivity contribution >= 4 is 23.2 Å². The van der Waals surface area contributed by atoms with Crippen LogP contribution in [0.25, 0.3) is 0 Å². The number of benzene rings is 2. The number of para-hydroxylation sites is 1. The minimum Gasteiger partial charge on any atom is -0.399 e. The quantitative estimate of drug-likeness (QED) is 0.848. The Morgan fingerprint density at radius 3 is 2.24 bits per heavy atom. The molecule has 0 radical (unpaired) electrons. The Hall–Kier alpha value is -2.82. The molecule has 0 fully saturated rings. The number of nitrogens with one attached hydrogen (secondary N) is 1. The van der Waals surface area contributed by atoms with Crippen LogP contribution >= 0.6 is 0 Å². The van der Waals surface area contributed by atoms with Crippen LogP contribution < -0.4 is 11.1 Å². The monoisotopic (exact) mass is 283 g/mol. The summed E-state index contributed by atoms with van der Waals surface area (Å²) in [6.07, 6.45) is 0. The van der Waals surface area contributed by atoms with E-state index in [0.29, 0.717) is 22.5 Å². The molecular formula is C16H17N3O2. The van der Waals surface area contributed by atoms with E-state index in [4.69, 9.17) is 5.73 Å².